The number of hydrogen-bond donors (Lipinski definition) is 10. The monoisotopic (exact) mass is 1010 g/mol. The van der Waals surface area contributed by atoms with Crippen molar-refractivity contribution in [2.45, 2.75) is 128 Å². The van der Waals surface area contributed by atoms with E-state index in [1.54, 1.807) is 0 Å². The Bertz CT molecular complexity index is 2030. The summed E-state index contributed by atoms with van der Waals surface area (Å²) in [5.74, 6) is -1.86. The maximum Gasteiger partial charge on any atom is 0.481 e. The van der Waals surface area contributed by atoms with Crippen molar-refractivity contribution in [3.8, 4) is 0 Å². The Hall–Kier alpha value is -2.97. The molecule has 0 bridgehead atoms. The van der Waals surface area contributed by atoms with Crippen molar-refractivity contribution in [3.05, 3.63) is 12.7 Å². The van der Waals surface area contributed by atoms with Crippen molar-refractivity contribution in [3.63, 3.8) is 0 Å². The number of phosphoric ester groups is 3. The molecular weight excluding hydrogens is 947 g/mol. The van der Waals surface area contributed by atoms with Crippen molar-refractivity contribution >= 4 is 75.1 Å². The number of rotatable bonds is 32. The van der Waals surface area contributed by atoms with E-state index in [0.717, 1.165) is 93.2 Å². The Labute approximate surface area is 378 Å². The normalized spacial score (nSPS) is 20.2. The van der Waals surface area contributed by atoms with Gasteiger partial charge in [-0.25, -0.2) is 28.6 Å². The van der Waals surface area contributed by atoms with Crippen LogP contribution in [0.1, 0.15) is 104 Å². The number of nitrogens with two attached hydrogens (primary N) is 1. The van der Waals surface area contributed by atoms with Crippen LogP contribution in [-0.4, -0.2) is 134 Å². The molecule has 0 spiro atoms. The molecule has 2 amide bonds. The number of carboxylic acid groups (broad SMARTS) is 1. The van der Waals surface area contributed by atoms with E-state index in [2.05, 4.69) is 34.4 Å². The molecule has 3 rings (SSSR count). The Balaban J connectivity index is 1.33. The number of anilines is 1. The van der Waals surface area contributed by atoms with Crippen molar-refractivity contribution < 1.29 is 90.4 Å². The summed E-state index contributed by atoms with van der Waals surface area (Å²) in [6, 6.07) is 0. The number of aliphatic hydroxyl groups is 2. The number of unbranched alkanes of at least 4 members (excludes halogenated alkanes) is 9. The molecule has 2 aromatic rings. The number of carbonyl (C=O) groups is 4. The van der Waals surface area contributed by atoms with E-state index < -0.39 is 90.5 Å². The highest BCUT2D eigenvalue weighted by Crippen LogP contribution is 2.61. The number of nitrogens with one attached hydrogen (secondary N) is 2. The predicted molar refractivity (Wildman–Crippen MR) is 230 cm³/mol. The lowest BCUT2D eigenvalue weighted by Gasteiger charge is -2.30. The van der Waals surface area contributed by atoms with E-state index in [4.69, 9.17) is 24.6 Å². The number of amides is 2. The first-order valence-corrected chi connectivity index (χ1v) is 26.2. The number of aromatic nitrogens is 4. The van der Waals surface area contributed by atoms with Crippen LogP contribution < -0.4 is 16.4 Å². The molecule has 30 heteroatoms. The molecule has 1 aliphatic rings. The zero-order valence-corrected chi connectivity index (χ0v) is 39.4. The molecule has 0 aliphatic carbocycles. The summed E-state index contributed by atoms with van der Waals surface area (Å²) < 4.78 is 62.3. The number of imidazole rings is 1. The summed E-state index contributed by atoms with van der Waals surface area (Å²) in [5, 5.41) is 35.2. The molecule has 370 valence electrons. The molecule has 11 N–H and O–H groups in total. The van der Waals surface area contributed by atoms with E-state index in [9.17, 15) is 62.7 Å². The lowest BCUT2D eigenvalue weighted by atomic mass is 9.87. The van der Waals surface area contributed by atoms with Gasteiger partial charge in [0.2, 0.25) is 11.8 Å². The smallest absolute Gasteiger partial charge is 0.481 e. The van der Waals surface area contributed by atoms with Crippen LogP contribution >= 0.6 is 35.2 Å². The second-order valence-corrected chi connectivity index (χ2v) is 21.1. The third-order valence-corrected chi connectivity index (χ3v) is 13.8. The van der Waals surface area contributed by atoms with Gasteiger partial charge in [-0.15, -0.1) is 0 Å². The first-order valence-electron chi connectivity index (χ1n) is 20.7. The van der Waals surface area contributed by atoms with Crippen molar-refractivity contribution in [1.29, 1.82) is 0 Å². The number of thioether (sulfide) groups is 1. The third kappa shape index (κ3) is 20.4. The number of aliphatic carboxylic acids is 1. The maximum atomic E-state index is 12.7. The van der Waals surface area contributed by atoms with Gasteiger partial charge in [-0.3, -0.25) is 37.3 Å². The topological polar surface area (TPSA) is 401 Å². The quantitative estimate of drug-likeness (QED) is 0.0371. The van der Waals surface area contributed by atoms with Crippen molar-refractivity contribution in [2.24, 2.45) is 5.41 Å². The average molecular weight is 1010 g/mol. The van der Waals surface area contributed by atoms with Crippen LogP contribution in [-0.2, 0) is 55.5 Å². The minimum Gasteiger partial charge on any atom is -0.481 e. The highest BCUT2D eigenvalue weighted by molar-refractivity contribution is 8.13. The second kappa shape index (κ2) is 26.5. The highest BCUT2D eigenvalue weighted by atomic mass is 32.2. The predicted octanol–water partition coefficient (Wildman–Crippen LogP) is 2.43. The van der Waals surface area contributed by atoms with Gasteiger partial charge in [0.15, 0.2) is 22.8 Å². The molecule has 0 aromatic carbocycles. The Morgan fingerprint density at radius 1 is 0.877 bits per heavy atom. The van der Waals surface area contributed by atoms with Gasteiger partial charge in [-0.1, -0.05) is 77.0 Å². The SMILES string of the molecule is CC(C)(COP(=O)(O)OP(=O)(O)OC[C@H]1O[C@@H](n2cnc3c(N)ncnc32)[C@H](O)[C@@H]1OP(=O)(O)O)[C@@H](O)C(=O)NCCC(=O)NCCSC(=O)CCCCCCCCCCCCC(=O)O. The number of nitrogen functional groups attached to an aromatic ring is 1. The number of carboxylic acids is 1. The summed E-state index contributed by atoms with van der Waals surface area (Å²) in [6.45, 7) is 0.483. The summed E-state index contributed by atoms with van der Waals surface area (Å²) in [6.07, 6.45) is 3.60. The highest BCUT2D eigenvalue weighted by Gasteiger charge is 2.50. The van der Waals surface area contributed by atoms with Crippen LogP contribution in [0.25, 0.3) is 11.2 Å². The molecular formula is C35H60N7O19P3S. The summed E-state index contributed by atoms with van der Waals surface area (Å²) >= 11 is 1.12. The first kappa shape index (κ1) is 56.4. The lowest BCUT2D eigenvalue weighted by molar-refractivity contribution is -0.137. The van der Waals surface area contributed by atoms with Gasteiger partial charge in [-0.2, -0.15) is 4.31 Å². The number of nitrogens with zero attached hydrogens (tertiary/aromatic N) is 4. The van der Waals surface area contributed by atoms with Crippen molar-refractivity contribution in [1.82, 2.24) is 30.2 Å². The standard InChI is InChI=1S/C35H60N7O19P3S/c1-35(2,30(48)33(49)38-16-15-24(43)37-17-18-65-26(46)14-12-10-8-6-4-3-5-7-9-11-13-25(44)45)20-58-64(55,56)61-63(53,54)57-19-23-29(60-62(50,51)52)28(47)34(59-23)42-22-41-27-31(36)39-21-40-32(27)42/h21-23,28-30,34,47-48H,3-20H2,1-2H3,(H,37,43)(H,38,49)(H,44,45)(H,53,54)(H,55,56)(H2,36,39,40)(H2,50,51,52)/t23-,28-,29-,30+,34-/m1/s1. The van der Waals surface area contributed by atoms with Crippen LogP contribution in [0.15, 0.2) is 12.7 Å². The summed E-state index contributed by atoms with van der Waals surface area (Å²) in [7, 11) is -16.4. The Morgan fingerprint density at radius 3 is 2.09 bits per heavy atom. The molecule has 65 heavy (non-hydrogen) atoms. The van der Waals surface area contributed by atoms with Gasteiger partial charge in [0.05, 0.1) is 19.5 Å². The van der Waals surface area contributed by atoms with Crippen LogP contribution in [0.3, 0.4) is 0 Å². The van der Waals surface area contributed by atoms with Gasteiger partial charge >= 0.3 is 29.4 Å². The minimum absolute atomic E-state index is 0.0255. The molecule has 2 aromatic heterocycles. The first-order chi connectivity index (χ1) is 30.4. The number of carbonyl (C=O) groups excluding carboxylic acids is 3. The minimum atomic E-state index is -5.58. The zero-order valence-electron chi connectivity index (χ0n) is 35.9. The number of ether oxygens (including phenoxy) is 1. The molecule has 0 saturated carbocycles. The summed E-state index contributed by atoms with van der Waals surface area (Å²) in [5.41, 5.74) is 4.25. The van der Waals surface area contributed by atoms with Gasteiger partial charge < -0.3 is 56.0 Å². The van der Waals surface area contributed by atoms with E-state index in [1.807, 2.05) is 0 Å². The van der Waals surface area contributed by atoms with Gasteiger partial charge in [-0.05, 0) is 12.8 Å². The summed E-state index contributed by atoms with van der Waals surface area (Å²) in [4.78, 5) is 98.7. The lowest BCUT2D eigenvalue weighted by Crippen LogP contribution is -2.46. The Morgan fingerprint density at radius 2 is 1.48 bits per heavy atom. The van der Waals surface area contributed by atoms with E-state index >= 15 is 0 Å². The fraction of sp³-hybridized carbons (Fsp3) is 0.743. The van der Waals surface area contributed by atoms with Gasteiger partial charge in [0, 0.05) is 43.5 Å². The second-order valence-electron chi connectivity index (χ2n) is 15.7. The number of hydrogen-bond acceptors (Lipinski definition) is 19. The van der Waals surface area contributed by atoms with E-state index in [-0.39, 0.29) is 48.0 Å². The van der Waals surface area contributed by atoms with Crippen LogP contribution in [0, 0.1) is 5.41 Å². The molecule has 1 saturated heterocycles. The molecule has 0 radical (unpaired) electrons. The molecule has 2 unspecified atom stereocenters. The fourth-order valence-corrected chi connectivity index (χ4v) is 9.88. The van der Waals surface area contributed by atoms with E-state index in [1.165, 1.54) is 13.8 Å². The van der Waals surface area contributed by atoms with Crippen LogP contribution in [0.5, 0.6) is 0 Å². The van der Waals surface area contributed by atoms with Gasteiger partial charge in [0.1, 0.15) is 36.3 Å². The molecule has 1 aliphatic heterocycles. The fourth-order valence-electron chi connectivity index (χ4n) is 6.33. The third-order valence-electron chi connectivity index (χ3n) is 9.79. The average Bonchev–Trinajstić information content (AvgIpc) is 3.77. The number of aliphatic hydroxyl groups excluding tert-OH is 2. The van der Waals surface area contributed by atoms with Crippen LogP contribution in [0.2, 0.25) is 0 Å². The van der Waals surface area contributed by atoms with E-state index in [0.29, 0.717) is 12.2 Å². The van der Waals surface area contributed by atoms with Crippen LogP contribution in [0.4, 0.5) is 5.82 Å². The zero-order chi connectivity index (χ0) is 48.4. The van der Waals surface area contributed by atoms with Gasteiger partial charge in [0.25, 0.3) is 0 Å². The largest absolute Gasteiger partial charge is 0.481 e. The molecule has 3 heterocycles. The van der Waals surface area contributed by atoms with Crippen molar-refractivity contribution in [2.75, 3.05) is 37.8 Å². The number of fused-ring (bicyclic) bond motifs is 1. The Kier molecular flexibility index (Phi) is 23.0. The molecule has 26 nitrogen and oxygen atoms in total. The molecule has 7 atom stereocenters. The molecule has 1 fully saturated rings. The number of phosphoric acid groups is 3. The maximum absolute atomic E-state index is 12.7.